The van der Waals surface area contributed by atoms with Crippen molar-refractivity contribution in [2.24, 2.45) is 0 Å². The minimum absolute atomic E-state index is 0.00722. The van der Waals surface area contributed by atoms with Gasteiger partial charge in [-0.2, -0.15) is 0 Å². The second-order valence-corrected chi connectivity index (χ2v) is 12.2. The van der Waals surface area contributed by atoms with E-state index in [1.54, 1.807) is 18.2 Å². The van der Waals surface area contributed by atoms with Crippen LogP contribution in [0.25, 0.3) is 10.9 Å². The van der Waals surface area contributed by atoms with Crippen LogP contribution < -0.4 is 14.8 Å². The number of anilines is 1. The van der Waals surface area contributed by atoms with E-state index in [9.17, 15) is 12.8 Å². The molecular formula is C28H25Cl2FN4O3S2. The highest BCUT2D eigenvalue weighted by Gasteiger charge is 2.23. The van der Waals surface area contributed by atoms with Crippen LogP contribution in [0.2, 0.25) is 10.0 Å². The average Bonchev–Trinajstić information content (AvgIpc) is 3.59. The fourth-order valence-corrected chi connectivity index (χ4v) is 6.41. The number of benzene rings is 3. The first-order valence-corrected chi connectivity index (χ1v) is 15.6. The number of hydrogen-bond acceptors (Lipinski definition) is 6. The van der Waals surface area contributed by atoms with Crippen LogP contribution >= 0.6 is 34.5 Å². The number of sulfonamides is 1. The van der Waals surface area contributed by atoms with Gasteiger partial charge in [0.25, 0.3) is 10.0 Å². The number of ether oxygens (including phenoxy) is 1. The molecule has 0 amide bonds. The third kappa shape index (κ3) is 6.76. The summed E-state index contributed by atoms with van der Waals surface area (Å²) in [6, 6.07) is 15.4. The molecule has 0 saturated heterocycles. The van der Waals surface area contributed by atoms with Gasteiger partial charge in [-0.05, 0) is 73.8 Å². The summed E-state index contributed by atoms with van der Waals surface area (Å²) in [5.41, 5.74) is 4.69. The number of nitrogens with zero attached hydrogens (tertiary/aromatic N) is 1. The fraction of sp³-hybridized carbons (Fsp3) is 0.179. The largest absolute Gasteiger partial charge is 0.455 e. The van der Waals surface area contributed by atoms with E-state index in [2.05, 4.69) is 38.3 Å². The van der Waals surface area contributed by atoms with Crippen LogP contribution in [0.3, 0.4) is 0 Å². The van der Waals surface area contributed by atoms with E-state index < -0.39 is 20.7 Å². The third-order valence-electron chi connectivity index (χ3n) is 6.24. The Balaban J connectivity index is 1.20. The van der Waals surface area contributed by atoms with Gasteiger partial charge >= 0.3 is 0 Å². The maximum Gasteiger partial charge on any atom is 0.266 e. The Morgan fingerprint density at radius 2 is 1.85 bits per heavy atom. The Kier molecular flexibility index (Phi) is 8.92. The first-order chi connectivity index (χ1) is 19.3. The molecule has 7 nitrogen and oxygen atoms in total. The Labute approximate surface area is 245 Å². The van der Waals surface area contributed by atoms with E-state index >= 15 is 0 Å². The zero-order valence-corrected chi connectivity index (χ0v) is 24.2. The molecule has 0 radical (unpaired) electrons. The number of fused-ring (bicyclic) bond motifs is 1. The van der Waals surface area contributed by atoms with E-state index in [4.69, 9.17) is 27.9 Å². The van der Waals surface area contributed by atoms with Crippen LogP contribution in [-0.4, -0.2) is 31.5 Å². The molecule has 0 spiro atoms. The molecule has 0 unspecified atom stereocenters. The number of aromatic nitrogens is 2. The maximum atomic E-state index is 14.9. The first kappa shape index (κ1) is 28.4. The molecule has 0 aliphatic rings. The highest BCUT2D eigenvalue weighted by Crippen LogP contribution is 2.36. The molecule has 0 saturated carbocycles. The van der Waals surface area contributed by atoms with Gasteiger partial charge in [0.05, 0.1) is 10.5 Å². The summed E-state index contributed by atoms with van der Waals surface area (Å²) >= 11 is 13.8. The molecule has 12 heteroatoms. The number of aryl methyl sites for hydroxylation is 1. The molecular weight excluding hydrogens is 594 g/mol. The van der Waals surface area contributed by atoms with Gasteiger partial charge in [-0.3, -0.25) is 4.72 Å². The summed E-state index contributed by atoms with van der Waals surface area (Å²) in [4.78, 5) is 6.56. The van der Waals surface area contributed by atoms with Gasteiger partial charge in [0.15, 0.2) is 5.82 Å². The van der Waals surface area contributed by atoms with Gasteiger partial charge in [-0.15, -0.1) is 11.3 Å². The number of para-hydroxylation sites is 1. The minimum Gasteiger partial charge on any atom is -0.455 e. The van der Waals surface area contributed by atoms with Crippen molar-refractivity contribution in [3.05, 3.63) is 98.7 Å². The van der Waals surface area contributed by atoms with Gasteiger partial charge in [-0.25, -0.2) is 17.8 Å². The van der Waals surface area contributed by atoms with E-state index in [0.29, 0.717) is 17.2 Å². The lowest BCUT2D eigenvalue weighted by molar-refractivity contribution is 0.466. The van der Waals surface area contributed by atoms with Crippen molar-refractivity contribution in [3.63, 3.8) is 0 Å². The van der Waals surface area contributed by atoms with Gasteiger partial charge in [0.1, 0.15) is 22.2 Å². The molecule has 0 aliphatic carbocycles. The number of thiazole rings is 1. The summed E-state index contributed by atoms with van der Waals surface area (Å²) in [6.45, 7) is 1.62. The van der Waals surface area contributed by atoms with Crippen LogP contribution in [0, 0.1) is 5.82 Å². The topological polar surface area (TPSA) is 96.1 Å². The first-order valence-electron chi connectivity index (χ1n) is 12.4. The quantitative estimate of drug-likeness (QED) is 0.126. The third-order valence-corrected chi connectivity index (χ3v) is 8.72. The predicted molar refractivity (Wildman–Crippen MR) is 159 cm³/mol. The number of nitrogens with one attached hydrogen (secondary N) is 3. The monoisotopic (exact) mass is 618 g/mol. The highest BCUT2D eigenvalue weighted by atomic mass is 35.5. The van der Waals surface area contributed by atoms with Crippen molar-refractivity contribution in [3.8, 4) is 11.5 Å². The lowest BCUT2D eigenvalue weighted by atomic mass is 10.1. The summed E-state index contributed by atoms with van der Waals surface area (Å²) in [7, 11) is -4.23. The van der Waals surface area contributed by atoms with Gasteiger partial charge < -0.3 is 15.0 Å². The molecule has 208 valence electrons. The minimum atomic E-state index is -4.23. The SMILES string of the molecule is O=S(=O)(Nc1cscn1)c1cc(Cl)c(Oc2ccc(Cl)cc2CCCNCCc2c[nH]c3ccccc23)cc1F. The number of halogens is 3. The van der Waals surface area contributed by atoms with Crippen molar-refractivity contribution in [1.29, 1.82) is 0 Å². The fourth-order valence-electron chi connectivity index (χ4n) is 4.30. The molecule has 3 aromatic carbocycles. The number of H-pyrrole nitrogens is 1. The number of rotatable bonds is 12. The summed E-state index contributed by atoms with van der Waals surface area (Å²) in [5, 5.41) is 6.69. The molecule has 40 heavy (non-hydrogen) atoms. The van der Waals surface area contributed by atoms with Crippen molar-refractivity contribution >= 4 is 61.3 Å². The Morgan fingerprint density at radius 1 is 1.00 bits per heavy atom. The van der Waals surface area contributed by atoms with Crippen LogP contribution in [0.15, 0.2) is 76.6 Å². The Morgan fingerprint density at radius 3 is 2.67 bits per heavy atom. The van der Waals surface area contributed by atoms with Crippen LogP contribution in [0.4, 0.5) is 10.2 Å². The molecule has 0 fully saturated rings. The van der Waals surface area contributed by atoms with Crippen LogP contribution in [0.1, 0.15) is 17.5 Å². The summed E-state index contributed by atoms with van der Waals surface area (Å²) < 4.78 is 48.4. The second-order valence-electron chi connectivity index (χ2n) is 9.01. The highest BCUT2D eigenvalue weighted by molar-refractivity contribution is 7.92. The van der Waals surface area contributed by atoms with E-state index in [-0.39, 0.29) is 16.6 Å². The molecule has 5 aromatic rings. The van der Waals surface area contributed by atoms with Crippen LogP contribution in [-0.2, 0) is 22.9 Å². The second kappa shape index (κ2) is 12.6. The van der Waals surface area contributed by atoms with Crippen molar-refractivity contribution in [2.45, 2.75) is 24.2 Å². The van der Waals surface area contributed by atoms with Crippen molar-refractivity contribution in [1.82, 2.24) is 15.3 Å². The normalized spacial score (nSPS) is 11.7. The van der Waals surface area contributed by atoms with Gasteiger partial charge in [0, 0.05) is 33.6 Å². The number of hydrogen-bond donors (Lipinski definition) is 3. The van der Waals surface area contributed by atoms with E-state index in [1.807, 2.05) is 12.1 Å². The van der Waals surface area contributed by atoms with Gasteiger partial charge in [-0.1, -0.05) is 41.4 Å². The van der Waals surface area contributed by atoms with Gasteiger partial charge in [0.2, 0.25) is 0 Å². The zero-order chi connectivity index (χ0) is 28.1. The van der Waals surface area contributed by atoms with Crippen LogP contribution in [0.5, 0.6) is 11.5 Å². The smallest absolute Gasteiger partial charge is 0.266 e. The average molecular weight is 620 g/mol. The van der Waals surface area contributed by atoms with Crippen molar-refractivity contribution in [2.75, 3.05) is 17.8 Å². The standard InChI is InChI=1S/C28H25Cl2FN4O3S2/c29-20-7-8-25(18(12-20)4-3-10-32-11-9-19-15-33-24-6-2-1-5-21(19)24)38-26-14-23(31)27(13-22(26)30)40(36,37)35-28-16-39-17-34-28/h1-2,5-8,12-17,32-33,35H,3-4,9-11H2. The lowest BCUT2D eigenvalue weighted by Crippen LogP contribution is -2.19. The molecule has 2 heterocycles. The lowest BCUT2D eigenvalue weighted by Gasteiger charge is -2.15. The van der Waals surface area contributed by atoms with Crippen molar-refractivity contribution < 1.29 is 17.5 Å². The Bertz CT molecular complexity index is 1730. The zero-order valence-electron chi connectivity index (χ0n) is 21.1. The summed E-state index contributed by atoms with van der Waals surface area (Å²) in [5.74, 6) is -0.455. The molecule has 2 aromatic heterocycles. The molecule has 3 N–H and O–H groups in total. The predicted octanol–water partition coefficient (Wildman–Crippen LogP) is 7.43. The molecule has 0 aliphatic heterocycles. The van der Waals surface area contributed by atoms with E-state index in [1.165, 1.54) is 33.2 Å². The molecule has 0 atom stereocenters. The number of aromatic amines is 1. The summed E-state index contributed by atoms with van der Waals surface area (Å²) in [6.07, 6.45) is 4.42. The molecule has 5 rings (SSSR count). The Hall–Kier alpha value is -3.15. The van der Waals surface area contributed by atoms with E-state index in [0.717, 1.165) is 49.1 Å². The molecule has 0 bridgehead atoms. The maximum absolute atomic E-state index is 14.9.